The SMILES string of the molecule is COc1ccc(CC(=O)O)cc1-c1ccc(F)c2c1CCN(OC(=O)OCc1ccccc1)CC2. The van der Waals surface area contributed by atoms with Gasteiger partial charge in [-0.15, -0.1) is 5.06 Å². The van der Waals surface area contributed by atoms with E-state index in [4.69, 9.17) is 14.3 Å². The molecule has 0 aliphatic carbocycles. The topological polar surface area (TPSA) is 85.3 Å². The molecule has 1 aliphatic rings. The van der Waals surface area contributed by atoms with E-state index in [1.807, 2.05) is 30.3 Å². The van der Waals surface area contributed by atoms with E-state index in [0.717, 1.165) is 16.7 Å². The number of ether oxygens (including phenoxy) is 2. The molecule has 0 unspecified atom stereocenters. The van der Waals surface area contributed by atoms with Crippen LogP contribution in [-0.2, 0) is 40.2 Å². The molecule has 3 aromatic rings. The number of hydrogen-bond acceptors (Lipinski definition) is 6. The average Bonchev–Trinajstić information content (AvgIpc) is 3.07. The molecule has 0 aromatic heterocycles. The molecule has 182 valence electrons. The third-order valence-corrected chi connectivity index (χ3v) is 5.91. The standard InChI is InChI=1S/C27H26FNO6/c1-33-25-10-7-19(16-26(30)31)15-23(25)20-8-9-24(28)22-12-14-29(13-11-21(20)22)35-27(32)34-17-18-5-3-2-4-6-18/h2-10,15H,11-14,16-17H2,1H3,(H,30,31). The van der Waals surface area contributed by atoms with E-state index in [1.165, 1.54) is 18.2 Å². The molecule has 0 atom stereocenters. The van der Waals surface area contributed by atoms with E-state index in [2.05, 4.69) is 0 Å². The Morgan fingerprint density at radius 3 is 2.40 bits per heavy atom. The molecule has 1 heterocycles. The van der Waals surface area contributed by atoms with E-state index in [1.54, 1.807) is 24.3 Å². The number of carbonyl (C=O) groups excluding carboxylic acids is 1. The number of carbonyl (C=O) groups is 2. The summed E-state index contributed by atoms with van der Waals surface area (Å²) in [4.78, 5) is 28.8. The van der Waals surface area contributed by atoms with Gasteiger partial charge in [-0.05, 0) is 58.9 Å². The maximum atomic E-state index is 14.8. The van der Waals surface area contributed by atoms with Gasteiger partial charge in [0.25, 0.3) is 0 Å². The Hall–Kier alpha value is -3.91. The number of halogens is 1. The molecule has 35 heavy (non-hydrogen) atoms. The van der Waals surface area contributed by atoms with Crippen molar-refractivity contribution in [3.05, 3.63) is 88.7 Å². The first-order valence-corrected chi connectivity index (χ1v) is 11.3. The summed E-state index contributed by atoms with van der Waals surface area (Å²) in [5.74, 6) is -0.710. The quantitative estimate of drug-likeness (QED) is 0.488. The van der Waals surface area contributed by atoms with Crippen LogP contribution in [0.5, 0.6) is 5.75 Å². The van der Waals surface area contributed by atoms with Crippen LogP contribution in [0, 0.1) is 5.82 Å². The first-order valence-electron chi connectivity index (χ1n) is 11.3. The van der Waals surface area contributed by atoms with Gasteiger partial charge in [0.1, 0.15) is 18.2 Å². The Kier molecular flexibility index (Phi) is 7.62. The number of hydroxylamine groups is 2. The lowest BCUT2D eigenvalue weighted by Gasteiger charge is -2.18. The van der Waals surface area contributed by atoms with Crippen LogP contribution in [0.15, 0.2) is 60.7 Å². The highest BCUT2D eigenvalue weighted by molar-refractivity contribution is 5.77. The van der Waals surface area contributed by atoms with Crippen molar-refractivity contribution in [2.75, 3.05) is 20.2 Å². The summed E-state index contributed by atoms with van der Waals surface area (Å²) in [7, 11) is 1.54. The van der Waals surface area contributed by atoms with Crippen LogP contribution in [0.2, 0.25) is 0 Å². The van der Waals surface area contributed by atoms with Crippen LogP contribution >= 0.6 is 0 Å². The van der Waals surface area contributed by atoms with Crippen molar-refractivity contribution in [3.8, 4) is 16.9 Å². The summed E-state index contributed by atoms with van der Waals surface area (Å²) in [6.07, 6.45) is -0.199. The molecular formula is C27H26FNO6. The van der Waals surface area contributed by atoms with Crippen LogP contribution in [0.1, 0.15) is 22.3 Å². The van der Waals surface area contributed by atoms with Crippen LogP contribution in [0.25, 0.3) is 11.1 Å². The number of carboxylic acids is 1. The molecule has 0 saturated heterocycles. The Balaban J connectivity index is 1.52. The summed E-state index contributed by atoms with van der Waals surface area (Å²) in [5.41, 5.74) is 4.24. The zero-order valence-electron chi connectivity index (χ0n) is 19.3. The smallest absolute Gasteiger partial charge is 0.496 e. The maximum absolute atomic E-state index is 14.8. The van der Waals surface area contributed by atoms with Gasteiger partial charge in [0.05, 0.1) is 13.5 Å². The molecule has 4 rings (SSSR count). The van der Waals surface area contributed by atoms with Crippen molar-refractivity contribution in [2.24, 2.45) is 0 Å². The molecule has 1 N–H and O–H groups in total. The predicted octanol–water partition coefficient (Wildman–Crippen LogP) is 4.80. The lowest BCUT2D eigenvalue weighted by molar-refractivity contribution is -0.136. The summed E-state index contributed by atoms with van der Waals surface area (Å²) in [6, 6.07) is 17.6. The fraction of sp³-hybridized carbons (Fsp3) is 0.259. The Bertz CT molecular complexity index is 1210. The van der Waals surface area contributed by atoms with Gasteiger partial charge in [0.15, 0.2) is 0 Å². The van der Waals surface area contributed by atoms with Gasteiger partial charge in [-0.3, -0.25) is 4.79 Å². The third-order valence-electron chi connectivity index (χ3n) is 5.91. The Labute approximate surface area is 202 Å². The third kappa shape index (κ3) is 5.96. The number of carboxylic acid groups (broad SMARTS) is 1. The van der Waals surface area contributed by atoms with Crippen molar-refractivity contribution in [2.45, 2.75) is 25.9 Å². The van der Waals surface area contributed by atoms with Gasteiger partial charge >= 0.3 is 12.1 Å². The van der Waals surface area contributed by atoms with E-state index in [0.29, 0.717) is 48.4 Å². The van der Waals surface area contributed by atoms with E-state index in [-0.39, 0.29) is 18.8 Å². The van der Waals surface area contributed by atoms with Crippen molar-refractivity contribution in [1.29, 1.82) is 0 Å². The fourth-order valence-electron chi connectivity index (χ4n) is 4.25. The predicted molar refractivity (Wildman–Crippen MR) is 126 cm³/mol. The highest BCUT2D eigenvalue weighted by Crippen LogP contribution is 2.37. The van der Waals surface area contributed by atoms with Gasteiger partial charge < -0.3 is 19.4 Å². The minimum atomic E-state index is -0.939. The maximum Gasteiger partial charge on any atom is 0.528 e. The normalized spacial score (nSPS) is 13.4. The van der Waals surface area contributed by atoms with Gasteiger partial charge in [0.2, 0.25) is 0 Å². The summed E-state index contributed by atoms with van der Waals surface area (Å²) in [6.45, 7) is 0.754. The number of nitrogens with zero attached hydrogens (tertiary/aromatic N) is 1. The molecule has 8 heteroatoms. The lowest BCUT2D eigenvalue weighted by Crippen LogP contribution is -2.30. The monoisotopic (exact) mass is 479 g/mol. The summed E-state index contributed by atoms with van der Waals surface area (Å²) in [5, 5.41) is 10.7. The molecule has 0 bridgehead atoms. The van der Waals surface area contributed by atoms with E-state index < -0.39 is 12.1 Å². The molecule has 0 radical (unpaired) electrons. The van der Waals surface area contributed by atoms with Crippen LogP contribution in [0.4, 0.5) is 9.18 Å². The second kappa shape index (κ2) is 11.0. The molecule has 7 nitrogen and oxygen atoms in total. The molecule has 0 fully saturated rings. The van der Waals surface area contributed by atoms with Crippen molar-refractivity contribution in [3.63, 3.8) is 0 Å². The molecule has 3 aromatic carbocycles. The summed E-state index contributed by atoms with van der Waals surface area (Å²) >= 11 is 0. The number of aliphatic carboxylic acids is 1. The molecule has 0 spiro atoms. The molecule has 0 saturated carbocycles. The second-order valence-electron chi connectivity index (χ2n) is 8.20. The van der Waals surface area contributed by atoms with Crippen LogP contribution in [0.3, 0.4) is 0 Å². The lowest BCUT2D eigenvalue weighted by atomic mass is 9.90. The van der Waals surface area contributed by atoms with E-state index in [9.17, 15) is 19.1 Å². The number of hydrogen-bond donors (Lipinski definition) is 1. The number of methoxy groups -OCH3 is 1. The van der Waals surface area contributed by atoms with Crippen molar-refractivity contribution < 1.29 is 33.4 Å². The van der Waals surface area contributed by atoms with E-state index >= 15 is 0 Å². The Morgan fingerprint density at radius 2 is 1.69 bits per heavy atom. The zero-order chi connectivity index (χ0) is 24.8. The first kappa shape index (κ1) is 24.2. The van der Waals surface area contributed by atoms with Crippen molar-refractivity contribution in [1.82, 2.24) is 5.06 Å². The van der Waals surface area contributed by atoms with Gasteiger partial charge in [-0.2, -0.15) is 0 Å². The largest absolute Gasteiger partial charge is 0.528 e. The minimum absolute atomic E-state index is 0.0962. The van der Waals surface area contributed by atoms with Gasteiger partial charge in [-0.1, -0.05) is 42.5 Å². The van der Waals surface area contributed by atoms with Gasteiger partial charge in [0, 0.05) is 18.7 Å². The average molecular weight is 480 g/mol. The number of benzene rings is 3. The van der Waals surface area contributed by atoms with Gasteiger partial charge in [-0.25, -0.2) is 9.18 Å². The number of fused-ring (bicyclic) bond motifs is 1. The minimum Gasteiger partial charge on any atom is -0.496 e. The zero-order valence-corrected chi connectivity index (χ0v) is 19.3. The highest BCUT2D eigenvalue weighted by Gasteiger charge is 2.24. The molecule has 1 aliphatic heterocycles. The number of rotatable bonds is 7. The van der Waals surface area contributed by atoms with Crippen molar-refractivity contribution >= 4 is 12.1 Å². The first-order chi connectivity index (χ1) is 16.9. The fourth-order valence-corrected chi connectivity index (χ4v) is 4.25. The summed E-state index contributed by atoms with van der Waals surface area (Å²) < 4.78 is 25.5. The Morgan fingerprint density at radius 1 is 0.943 bits per heavy atom. The highest BCUT2D eigenvalue weighted by atomic mass is 19.1. The van der Waals surface area contributed by atoms with Crippen LogP contribution in [-0.4, -0.2) is 42.5 Å². The van der Waals surface area contributed by atoms with Crippen LogP contribution < -0.4 is 4.74 Å². The molecule has 0 amide bonds. The molecular weight excluding hydrogens is 453 g/mol. The second-order valence-corrected chi connectivity index (χ2v) is 8.20.